The van der Waals surface area contributed by atoms with Crippen molar-refractivity contribution in [3.05, 3.63) is 180 Å². The van der Waals surface area contributed by atoms with Crippen molar-refractivity contribution in [2.75, 3.05) is 0 Å². The summed E-state index contributed by atoms with van der Waals surface area (Å²) >= 11 is 3.81. The SMILES string of the molecule is c1ccc(C2NC(c3cccc(-n4c5ccccc5c5ccccc54)c3)[N-]C(c3ccc4c(c3)sc3c4ccc4c5ccccc5sc43)N2)cc1. The lowest BCUT2D eigenvalue weighted by Gasteiger charge is -2.50. The molecule has 0 saturated carbocycles. The molecule has 4 heterocycles. The van der Waals surface area contributed by atoms with Gasteiger partial charge in [0, 0.05) is 47.4 Å². The molecule has 0 aliphatic carbocycles. The van der Waals surface area contributed by atoms with Gasteiger partial charge in [-0.2, -0.15) is 0 Å². The van der Waals surface area contributed by atoms with Crippen LogP contribution in [0.4, 0.5) is 0 Å². The fourth-order valence-electron chi connectivity index (χ4n) is 8.04. The number of para-hydroxylation sites is 2. The predicted octanol–water partition coefficient (Wildman–Crippen LogP) is 12.5. The third-order valence-electron chi connectivity index (χ3n) is 10.4. The maximum Gasteiger partial charge on any atom is 0.0814 e. The number of aromatic nitrogens is 1. The van der Waals surface area contributed by atoms with Gasteiger partial charge in [-0.3, -0.25) is 0 Å². The fraction of sp³-hybridized carbons (Fsp3) is 0.0667. The second-order valence-corrected chi connectivity index (χ2v) is 15.5. The maximum atomic E-state index is 5.46. The van der Waals surface area contributed by atoms with Crippen LogP contribution in [0.5, 0.6) is 0 Å². The van der Waals surface area contributed by atoms with E-state index in [0.717, 1.165) is 11.3 Å². The van der Waals surface area contributed by atoms with E-state index in [0.29, 0.717) is 0 Å². The Balaban J connectivity index is 1.01. The molecule has 0 amide bonds. The minimum Gasteiger partial charge on any atom is -0.624 e. The van der Waals surface area contributed by atoms with Crippen LogP contribution in [0.3, 0.4) is 0 Å². The highest BCUT2D eigenvalue weighted by Crippen LogP contribution is 2.46. The monoisotopic (exact) mass is 691 g/mol. The molecule has 0 bridgehead atoms. The van der Waals surface area contributed by atoms with Gasteiger partial charge in [-0.25, -0.2) is 0 Å². The number of rotatable bonds is 4. The average molecular weight is 692 g/mol. The Hall–Kier alpha value is -5.34. The number of benzene rings is 7. The molecule has 1 aliphatic heterocycles. The summed E-state index contributed by atoms with van der Waals surface area (Å²) in [6.07, 6.45) is -0.491. The van der Waals surface area contributed by atoms with E-state index in [4.69, 9.17) is 5.32 Å². The van der Waals surface area contributed by atoms with Gasteiger partial charge in [0.05, 0.1) is 26.6 Å². The third kappa shape index (κ3) is 4.69. The number of fused-ring (bicyclic) bond motifs is 10. The molecule has 0 spiro atoms. The molecule has 6 heteroatoms. The second-order valence-electron chi connectivity index (χ2n) is 13.4. The highest BCUT2D eigenvalue weighted by atomic mass is 32.1. The lowest BCUT2D eigenvalue weighted by atomic mass is 10.0. The summed E-state index contributed by atoms with van der Waals surface area (Å²) in [5, 5.41) is 21.0. The lowest BCUT2D eigenvalue weighted by molar-refractivity contribution is 0.316. The summed E-state index contributed by atoms with van der Waals surface area (Å²) in [5.74, 6) is 0. The zero-order valence-electron chi connectivity index (χ0n) is 27.5. The van der Waals surface area contributed by atoms with Crippen LogP contribution in [0.25, 0.3) is 73.2 Å². The number of hydrogen-bond donors (Lipinski definition) is 2. The van der Waals surface area contributed by atoms with Gasteiger partial charge in [-0.05, 0) is 47.5 Å². The van der Waals surface area contributed by atoms with E-state index in [9.17, 15) is 0 Å². The molecule has 4 nitrogen and oxygen atoms in total. The third-order valence-corrected chi connectivity index (χ3v) is 12.9. The Labute approximate surface area is 302 Å². The van der Waals surface area contributed by atoms with Crippen LogP contribution in [-0.4, -0.2) is 4.57 Å². The summed E-state index contributed by atoms with van der Waals surface area (Å²) in [6, 6.07) is 57.2. The molecule has 0 radical (unpaired) electrons. The average Bonchev–Trinajstić information content (AvgIpc) is 3.87. The Kier molecular flexibility index (Phi) is 6.69. The van der Waals surface area contributed by atoms with Crippen molar-refractivity contribution in [2.24, 2.45) is 0 Å². The number of hydrogen-bond acceptors (Lipinski definition) is 4. The Morgan fingerprint density at radius 3 is 1.71 bits per heavy atom. The van der Waals surface area contributed by atoms with Crippen LogP contribution < -0.4 is 10.6 Å². The van der Waals surface area contributed by atoms with Crippen molar-refractivity contribution in [2.45, 2.75) is 18.5 Å². The predicted molar refractivity (Wildman–Crippen MR) is 217 cm³/mol. The quantitative estimate of drug-likeness (QED) is 0.193. The molecule has 3 unspecified atom stereocenters. The molecule has 1 aliphatic rings. The van der Waals surface area contributed by atoms with Crippen molar-refractivity contribution in [1.82, 2.24) is 15.2 Å². The van der Waals surface area contributed by atoms with Crippen molar-refractivity contribution >= 4 is 84.8 Å². The fourth-order valence-corrected chi connectivity index (χ4v) is 10.6. The summed E-state index contributed by atoms with van der Waals surface area (Å²) in [5.41, 5.74) is 7.04. The highest BCUT2D eigenvalue weighted by Gasteiger charge is 2.23. The van der Waals surface area contributed by atoms with Crippen molar-refractivity contribution in [3.63, 3.8) is 0 Å². The largest absolute Gasteiger partial charge is 0.624 e. The van der Waals surface area contributed by atoms with Gasteiger partial charge in [-0.15, -0.1) is 22.7 Å². The van der Waals surface area contributed by atoms with Crippen LogP contribution in [0.1, 0.15) is 35.2 Å². The van der Waals surface area contributed by atoms with Gasteiger partial charge >= 0.3 is 0 Å². The Bertz CT molecular complexity index is 2880. The minimum atomic E-state index is -0.217. The maximum absolute atomic E-state index is 5.46. The topological polar surface area (TPSA) is 43.1 Å². The van der Waals surface area contributed by atoms with Crippen molar-refractivity contribution in [1.29, 1.82) is 0 Å². The highest BCUT2D eigenvalue weighted by molar-refractivity contribution is 7.33. The van der Waals surface area contributed by atoms with Gasteiger partial charge in [0.15, 0.2) is 0 Å². The van der Waals surface area contributed by atoms with Gasteiger partial charge in [0.25, 0.3) is 0 Å². The molecule has 2 N–H and O–H groups in total. The summed E-state index contributed by atoms with van der Waals surface area (Å²) in [4.78, 5) is 0. The molecule has 244 valence electrons. The van der Waals surface area contributed by atoms with E-state index >= 15 is 0 Å². The van der Waals surface area contributed by atoms with Crippen LogP contribution in [-0.2, 0) is 0 Å². The molecule has 1 fully saturated rings. The standard InChI is InChI=1S/C45H31N4S2/c1-2-11-27(12-3-1)43-46-44(28-13-10-14-30(25-28)49-37-18-7-4-15-31(37)32-16-5-8-19-38(32)49)48-45(47-43)29-21-22-34-36-24-23-35-33-17-6-9-20-39(33)50-41(35)42(36)51-40(34)26-29/h1-26,43-47H/q-1. The zero-order chi connectivity index (χ0) is 33.5. The van der Waals surface area contributed by atoms with Crippen LogP contribution in [0.2, 0.25) is 0 Å². The van der Waals surface area contributed by atoms with Crippen molar-refractivity contribution in [3.8, 4) is 5.69 Å². The van der Waals surface area contributed by atoms with E-state index < -0.39 is 0 Å². The minimum absolute atomic E-state index is 0.0770. The van der Waals surface area contributed by atoms with E-state index in [1.807, 2.05) is 22.7 Å². The number of thiophene rings is 2. The van der Waals surface area contributed by atoms with Gasteiger partial charge in [-0.1, -0.05) is 139 Å². The first kappa shape index (κ1) is 29.4. The van der Waals surface area contributed by atoms with E-state index in [1.54, 1.807) is 0 Å². The number of nitrogens with one attached hydrogen (secondary N) is 2. The molecule has 3 aromatic heterocycles. The molecule has 10 aromatic rings. The van der Waals surface area contributed by atoms with Gasteiger partial charge in [0.1, 0.15) is 0 Å². The van der Waals surface area contributed by atoms with Gasteiger partial charge < -0.3 is 20.5 Å². The summed E-state index contributed by atoms with van der Waals surface area (Å²) < 4.78 is 7.77. The van der Waals surface area contributed by atoms with Gasteiger partial charge in [0.2, 0.25) is 0 Å². The molecular weight excluding hydrogens is 661 g/mol. The molecule has 51 heavy (non-hydrogen) atoms. The van der Waals surface area contributed by atoms with E-state index in [-0.39, 0.29) is 18.5 Å². The zero-order valence-corrected chi connectivity index (χ0v) is 29.1. The second kappa shape index (κ2) is 11.6. The lowest BCUT2D eigenvalue weighted by Crippen LogP contribution is -2.44. The van der Waals surface area contributed by atoms with E-state index in [2.05, 4.69) is 173 Å². The first-order valence-electron chi connectivity index (χ1n) is 17.4. The normalized spacial score (nSPS) is 18.2. The van der Waals surface area contributed by atoms with Crippen molar-refractivity contribution < 1.29 is 0 Å². The van der Waals surface area contributed by atoms with Crippen LogP contribution >= 0.6 is 22.7 Å². The van der Waals surface area contributed by atoms with Crippen LogP contribution in [0, 0.1) is 0 Å². The first-order chi connectivity index (χ1) is 25.3. The summed E-state index contributed by atoms with van der Waals surface area (Å²) in [7, 11) is 0. The smallest absolute Gasteiger partial charge is 0.0814 e. The first-order valence-corrected chi connectivity index (χ1v) is 19.0. The number of nitrogens with zero attached hydrogens (tertiary/aromatic N) is 2. The molecular formula is C45H31N4S2-. The van der Waals surface area contributed by atoms with E-state index in [1.165, 1.54) is 73.3 Å². The molecule has 3 atom stereocenters. The Morgan fingerprint density at radius 1 is 0.431 bits per heavy atom. The summed E-state index contributed by atoms with van der Waals surface area (Å²) in [6.45, 7) is 0. The Morgan fingerprint density at radius 2 is 0.980 bits per heavy atom. The molecule has 1 saturated heterocycles. The molecule has 11 rings (SSSR count). The van der Waals surface area contributed by atoms with Crippen LogP contribution in [0.15, 0.2) is 158 Å². The molecule has 7 aromatic carbocycles.